The molecule has 13 heavy (non-hydrogen) atoms. The summed E-state index contributed by atoms with van der Waals surface area (Å²) in [5.74, 6) is 6.17. The molecule has 0 aromatic rings. The third-order valence-corrected chi connectivity index (χ3v) is 2.80. The first kappa shape index (κ1) is 10.5. The van der Waals surface area contributed by atoms with Crippen LogP contribution in [0.1, 0.15) is 25.7 Å². The highest BCUT2D eigenvalue weighted by atomic mass is 16.1. The Labute approximate surface area is 79.2 Å². The van der Waals surface area contributed by atoms with Crippen molar-refractivity contribution < 1.29 is 4.79 Å². The average Bonchev–Trinajstić information content (AvgIpc) is 2.04. The maximum atomic E-state index is 10.9. The van der Waals surface area contributed by atoms with Crippen molar-refractivity contribution in [1.29, 1.82) is 0 Å². The van der Waals surface area contributed by atoms with Crippen molar-refractivity contribution in [3.05, 3.63) is 0 Å². The van der Waals surface area contributed by atoms with E-state index in [2.05, 4.69) is 0 Å². The lowest BCUT2D eigenvalue weighted by Crippen LogP contribution is -2.35. The van der Waals surface area contributed by atoms with Crippen molar-refractivity contribution >= 4 is 5.91 Å². The van der Waals surface area contributed by atoms with E-state index in [1.54, 1.807) is 5.01 Å². The summed E-state index contributed by atoms with van der Waals surface area (Å²) >= 11 is 0. The molecule has 4 N–H and O–H groups in total. The van der Waals surface area contributed by atoms with Crippen LogP contribution in [0.15, 0.2) is 0 Å². The van der Waals surface area contributed by atoms with E-state index < -0.39 is 0 Å². The number of rotatable bonds is 3. The SMILES string of the molecule is CN(N)CC1CCC(C(N)=O)CC1. The normalized spacial score (nSPS) is 29.2. The van der Waals surface area contributed by atoms with Gasteiger partial charge in [-0.15, -0.1) is 0 Å². The molecule has 1 amide bonds. The Morgan fingerprint density at radius 1 is 1.38 bits per heavy atom. The van der Waals surface area contributed by atoms with Crippen molar-refractivity contribution in [3.8, 4) is 0 Å². The topological polar surface area (TPSA) is 72.3 Å². The van der Waals surface area contributed by atoms with Gasteiger partial charge in [0.15, 0.2) is 0 Å². The van der Waals surface area contributed by atoms with Gasteiger partial charge in [0.05, 0.1) is 0 Å². The second-order valence-electron chi connectivity index (χ2n) is 4.06. The average molecular weight is 185 g/mol. The standard InChI is InChI=1S/C9H19N3O/c1-12(11)6-7-2-4-8(5-3-7)9(10)13/h7-8H,2-6,11H2,1H3,(H2,10,13). The van der Waals surface area contributed by atoms with Crippen molar-refractivity contribution in [3.63, 3.8) is 0 Å². The van der Waals surface area contributed by atoms with Gasteiger partial charge in [0.1, 0.15) is 0 Å². The number of hydrogen-bond acceptors (Lipinski definition) is 3. The van der Waals surface area contributed by atoms with Crippen molar-refractivity contribution in [1.82, 2.24) is 5.01 Å². The third kappa shape index (κ3) is 3.32. The molecule has 0 aromatic heterocycles. The Bertz CT molecular complexity index is 174. The molecule has 4 nitrogen and oxygen atoms in total. The van der Waals surface area contributed by atoms with E-state index in [0.717, 1.165) is 32.2 Å². The first-order valence-corrected chi connectivity index (χ1v) is 4.84. The molecule has 4 heteroatoms. The summed E-state index contributed by atoms with van der Waals surface area (Å²) in [4.78, 5) is 10.9. The summed E-state index contributed by atoms with van der Waals surface area (Å²) in [6.45, 7) is 0.922. The summed E-state index contributed by atoms with van der Waals surface area (Å²) < 4.78 is 0. The lowest BCUT2D eigenvalue weighted by atomic mass is 9.81. The van der Waals surface area contributed by atoms with Crippen molar-refractivity contribution in [2.24, 2.45) is 23.4 Å². The number of primary amides is 1. The van der Waals surface area contributed by atoms with Gasteiger partial charge in [0.25, 0.3) is 0 Å². The quantitative estimate of drug-likeness (QED) is 0.483. The van der Waals surface area contributed by atoms with Crippen LogP contribution in [0.4, 0.5) is 0 Å². The van der Waals surface area contributed by atoms with E-state index in [1.807, 2.05) is 7.05 Å². The fourth-order valence-corrected chi connectivity index (χ4v) is 2.04. The van der Waals surface area contributed by atoms with Crippen LogP contribution in [-0.2, 0) is 4.79 Å². The number of carbonyl (C=O) groups excluding carboxylic acids is 1. The highest BCUT2D eigenvalue weighted by molar-refractivity contribution is 5.76. The van der Waals surface area contributed by atoms with Gasteiger partial charge in [-0.1, -0.05) is 0 Å². The number of carbonyl (C=O) groups is 1. The van der Waals surface area contributed by atoms with Gasteiger partial charge in [-0.05, 0) is 31.6 Å². The Morgan fingerprint density at radius 3 is 2.31 bits per heavy atom. The van der Waals surface area contributed by atoms with Gasteiger partial charge >= 0.3 is 0 Å². The zero-order chi connectivity index (χ0) is 9.84. The minimum Gasteiger partial charge on any atom is -0.369 e. The van der Waals surface area contributed by atoms with Crippen LogP contribution < -0.4 is 11.6 Å². The molecule has 0 atom stereocenters. The van der Waals surface area contributed by atoms with Gasteiger partial charge in [-0.2, -0.15) is 0 Å². The van der Waals surface area contributed by atoms with Gasteiger partial charge in [-0.3, -0.25) is 10.6 Å². The van der Waals surface area contributed by atoms with Crippen molar-refractivity contribution in [2.75, 3.05) is 13.6 Å². The molecule has 1 saturated carbocycles. The van der Waals surface area contributed by atoms with E-state index in [4.69, 9.17) is 11.6 Å². The summed E-state index contributed by atoms with van der Waals surface area (Å²) in [5, 5.41) is 1.72. The predicted octanol–water partition coefficient (Wildman–Crippen LogP) is 0.0836. The monoisotopic (exact) mass is 185 g/mol. The van der Waals surface area contributed by atoms with E-state index in [-0.39, 0.29) is 11.8 Å². The molecule has 0 aromatic carbocycles. The molecule has 0 unspecified atom stereocenters. The maximum Gasteiger partial charge on any atom is 0.220 e. The third-order valence-electron chi connectivity index (χ3n) is 2.80. The fraction of sp³-hybridized carbons (Fsp3) is 0.889. The molecule has 0 bridgehead atoms. The highest BCUT2D eigenvalue weighted by Gasteiger charge is 2.24. The molecule has 0 aliphatic heterocycles. The van der Waals surface area contributed by atoms with Crippen molar-refractivity contribution in [2.45, 2.75) is 25.7 Å². The van der Waals surface area contributed by atoms with E-state index in [1.165, 1.54) is 0 Å². The molecule has 0 heterocycles. The van der Waals surface area contributed by atoms with E-state index in [9.17, 15) is 4.79 Å². The zero-order valence-corrected chi connectivity index (χ0v) is 8.20. The summed E-state index contributed by atoms with van der Waals surface area (Å²) in [5.41, 5.74) is 5.24. The largest absolute Gasteiger partial charge is 0.369 e. The van der Waals surface area contributed by atoms with Gasteiger partial charge < -0.3 is 5.73 Å². The maximum absolute atomic E-state index is 10.9. The first-order valence-electron chi connectivity index (χ1n) is 4.84. The summed E-state index contributed by atoms with van der Waals surface area (Å²) in [7, 11) is 1.88. The fourth-order valence-electron chi connectivity index (χ4n) is 2.04. The first-order chi connectivity index (χ1) is 6.09. The number of nitrogens with zero attached hydrogens (tertiary/aromatic N) is 1. The summed E-state index contributed by atoms with van der Waals surface area (Å²) in [6.07, 6.45) is 4.03. The molecule has 1 fully saturated rings. The smallest absolute Gasteiger partial charge is 0.220 e. The Hall–Kier alpha value is -0.610. The molecular formula is C9H19N3O. The summed E-state index contributed by atoms with van der Waals surface area (Å²) in [6, 6.07) is 0. The molecule has 1 aliphatic carbocycles. The molecule has 1 rings (SSSR count). The number of amides is 1. The van der Waals surface area contributed by atoms with Crippen LogP contribution in [-0.4, -0.2) is 24.5 Å². The number of hydrogen-bond donors (Lipinski definition) is 2. The predicted molar refractivity (Wildman–Crippen MR) is 51.5 cm³/mol. The van der Waals surface area contributed by atoms with Crippen LogP contribution in [0.5, 0.6) is 0 Å². The second-order valence-corrected chi connectivity index (χ2v) is 4.06. The number of hydrazine groups is 1. The highest BCUT2D eigenvalue weighted by Crippen LogP contribution is 2.28. The molecule has 0 saturated heterocycles. The van der Waals surface area contributed by atoms with Crippen LogP contribution >= 0.6 is 0 Å². The zero-order valence-electron chi connectivity index (χ0n) is 8.20. The van der Waals surface area contributed by atoms with Gasteiger partial charge in [0, 0.05) is 19.5 Å². The van der Waals surface area contributed by atoms with Crippen LogP contribution in [0.2, 0.25) is 0 Å². The van der Waals surface area contributed by atoms with Gasteiger partial charge in [0.2, 0.25) is 5.91 Å². The molecule has 0 radical (unpaired) electrons. The second kappa shape index (κ2) is 4.58. The Balaban J connectivity index is 2.26. The lowest BCUT2D eigenvalue weighted by molar-refractivity contribution is -0.123. The van der Waals surface area contributed by atoms with Crippen LogP contribution in [0.3, 0.4) is 0 Å². The minimum atomic E-state index is -0.139. The molecule has 0 spiro atoms. The Morgan fingerprint density at radius 2 is 1.92 bits per heavy atom. The molecule has 1 aliphatic rings. The Kier molecular flexibility index (Phi) is 3.69. The van der Waals surface area contributed by atoms with E-state index in [0.29, 0.717) is 5.92 Å². The lowest BCUT2D eigenvalue weighted by Gasteiger charge is -2.28. The van der Waals surface area contributed by atoms with E-state index >= 15 is 0 Å². The number of nitrogens with two attached hydrogens (primary N) is 2. The van der Waals surface area contributed by atoms with Gasteiger partial charge in [-0.25, -0.2) is 5.01 Å². The molecule has 76 valence electrons. The minimum absolute atomic E-state index is 0.110. The van der Waals surface area contributed by atoms with Crippen LogP contribution in [0.25, 0.3) is 0 Å². The van der Waals surface area contributed by atoms with Crippen LogP contribution in [0, 0.1) is 11.8 Å². The molecular weight excluding hydrogens is 166 g/mol.